The molecule has 0 aliphatic rings. The van der Waals surface area contributed by atoms with E-state index in [9.17, 15) is 13.2 Å². The fraction of sp³-hybridized carbons (Fsp3) is 0.138. The number of amides is 1. The quantitative estimate of drug-likeness (QED) is 0.204. The lowest BCUT2D eigenvalue weighted by Crippen LogP contribution is -2.37. The Balaban J connectivity index is 1.45. The molecule has 1 aromatic heterocycles. The van der Waals surface area contributed by atoms with E-state index in [1.165, 1.54) is 12.1 Å². The van der Waals surface area contributed by atoms with Crippen LogP contribution in [0, 0.1) is 0 Å². The predicted octanol–water partition coefficient (Wildman–Crippen LogP) is 7.06. The van der Waals surface area contributed by atoms with Gasteiger partial charge < -0.3 is 9.88 Å². The van der Waals surface area contributed by atoms with Gasteiger partial charge in [-0.1, -0.05) is 63.9 Å². The third-order valence-corrected chi connectivity index (χ3v) is 9.15. The van der Waals surface area contributed by atoms with Crippen LogP contribution in [0.5, 0.6) is 0 Å². The minimum atomic E-state index is -3.99. The normalized spacial score (nSPS) is 11.9. The zero-order valence-electron chi connectivity index (χ0n) is 20.6. The van der Waals surface area contributed by atoms with E-state index >= 15 is 0 Å². The predicted molar refractivity (Wildman–Crippen MR) is 157 cm³/mol. The second-order valence-corrected chi connectivity index (χ2v) is 12.1. The molecule has 1 amide bonds. The smallest absolute Gasteiger partial charge is 0.243 e. The van der Waals surface area contributed by atoms with Gasteiger partial charge in [0, 0.05) is 50.1 Å². The lowest BCUT2D eigenvalue weighted by Gasteiger charge is -2.22. The molecule has 0 saturated carbocycles. The summed E-state index contributed by atoms with van der Waals surface area (Å²) in [5.74, 6) is -0.448. The lowest BCUT2D eigenvalue weighted by atomic mass is 10.1. The summed E-state index contributed by atoms with van der Waals surface area (Å²) >= 11 is 9.67. The highest BCUT2D eigenvalue weighted by atomic mass is 79.9. The fourth-order valence-corrected chi connectivity index (χ4v) is 6.47. The molecule has 9 heteroatoms. The molecule has 0 unspecified atom stereocenters. The van der Waals surface area contributed by atoms with Crippen LogP contribution in [0.25, 0.3) is 21.8 Å². The van der Waals surface area contributed by atoms with E-state index in [0.717, 1.165) is 37.1 Å². The van der Waals surface area contributed by atoms with Crippen LogP contribution < -0.4 is 5.32 Å². The summed E-state index contributed by atoms with van der Waals surface area (Å²) in [6.45, 7) is 2.49. The van der Waals surface area contributed by atoms with Crippen LogP contribution >= 0.6 is 27.5 Å². The molecule has 6 nitrogen and oxygen atoms in total. The van der Waals surface area contributed by atoms with Gasteiger partial charge in [-0.3, -0.25) is 4.79 Å². The molecule has 0 radical (unpaired) electrons. The second kappa shape index (κ2) is 10.9. The van der Waals surface area contributed by atoms with Crippen molar-refractivity contribution in [2.45, 2.75) is 24.9 Å². The topological polar surface area (TPSA) is 71.4 Å². The summed E-state index contributed by atoms with van der Waals surface area (Å²) in [4.78, 5) is 13.3. The first-order valence-electron chi connectivity index (χ1n) is 12.1. The Hall–Kier alpha value is -3.17. The number of carbonyl (C=O) groups is 1. The van der Waals surface area contributed by atoms with Gasteiger partial charge in [0.15, 0.2) is 0 Å². The van der Waals surface area contributed by atoms with E-state index in [0.29, 0.717) is 16.3 Å². The zero-order valence-corrected chi connectivity index (χ0v) is 23.7. The maximum Gasteiger partial charge on any atom is 0.243 e. The molecule has 5 rings (SSSR count). The van der Waals surface area contributed by atoms with Crippen molar-refractivity contribution in [3.8, 4) is 0 Å². The van der Waals surface area contributed by atoms with Crippen molar-refractivity contribution in [1.82, 2.24) is 8.87 Å². The molecule has 194 valence electrons. The molecular formula is C29H25BrClN3O3S. The van der Waals surface area contributed by atoms with Crippen LogP contribution in [0.15, 0.2) is 100 Å². The van der Waals surface area contributed by atoms with Gasteiger partial charge in [-0.05, 0) is 67.1 Å². The highest BCUT2D eigenvalue weighted by Gasteiger charge is 2.27. The minimum absolute atomic E-state index is 0.0471. The molecule has 0 bridgehead atoms. The molecular weight excluding hydrogens is 586 g/mol. The largest absolute Gasteiger partial charge is 0.341 e. The zero-order chi connectivity index (χ0) is 26.9. The van der Waals surface area contributed by atoms with Gasteiger partial charge >= 0.3 is 0 Å². The number of anilines is 1. The number of benzene rings is 4. The van der Waals surface area contributed by atoms with Crippen molar-refractivity contribution in [1.29, 1.82) is 0 Å². The van der Waals surface area contributed by atoms with E-state index < -0.39 is 15.9 Å². The van der Waals surface area contributed by atoms with Crippen LogP contribution in [0.4, 0.5) is 5.69 Å². The number of aryl methyl sites for hydroxylation is 1. The monoisotopic (exact) mass is 609 g/mol. The van der Waals surface area contributed by atoms with E-state index in [4.69, 9.17) is 11.6 Å². The Kier molecular flexibility index (Phi) is 7.59. The van der Waals surface area contributed by atoms with E-state index in [-0.39, 0.29) is 18.0 Å². The number of nitrogens with zero attached hydrogens (tertiary/aromatic N) is 2. The molecule has 5 aromatic rings. The number of nitrogens with one attached hydrogen (secondary N) is 1. The highest BCUT2D eigenvalue weighted by molar-refractivity contribution is 9.10. The molecule has 0 aliphatic heterocycles. The van der Waals surface area contributed by atoms with E-state index in [1.54, 1.807) is 36.4 Å². The minimum Gasteiger partial charge on any atom is -0.341 e. The first-order chi connectivity index (χ1) is 18.3. The Morgan fingerprint density at radius 3 is 2.34 bits per heavy atom. The lowest BCUT2D eigenvalue weighted by molar-refractivity contribution is -0.116. The Labute approximate surface area is 235 Å². The Morgan fingerprint density at radius 2 is 1.61 bits per heavy atom. The SMILES string of the molecule is CCn1c2ccccc2c2cc(NC(=O)CN(Cc3ccccc3Cl)S(=O)(=O)c3ccc(Br)cc3)ccc21. The molecule has 1 heterocycles. The average Bonchev–Trinajstić information content (AvgIpc) is 3.22. The number of fused-ring (bicyclic) bond motifs is 3. The Bertz CT molecular complexity index is 1750. The molecule has 0 aliphatic carbocycles. The van der Waals surface area contributed by atoms with Gasteiger partial charge in [0.2, 0.25) is 15.9 Å². The first-order valence-corrected chi connectivity index (χ1v) is 14.7. The number of rotatable bonds is 8. The van der Waals surface area contributed by atoms with Gasteiger partial charge in [-0.15, -0.1) is 0 Å². The number of hydrogen-bond donors (Lipinski definition) is 1. The Morgan fingerprint density at radius 1 is 0.921 bits per heavy atom. The summed E-state index contributed by atoms with van der Waals surface area (Å²) in [6.07, 6.45) is 0. The van der Waals surface area contributed by atoms with Crippen molar-refractivity contribution in [2.24, 2.45) is 0 Å². The fourth-order valence-electron chi connectivity index (χ4n) is 4.63. The molecule has 0 saturated heterocycles. The number of carbonyl (C=O) groups excluding carboxylic acids is 1. The van der Waals surface area contributed by atoms with Gasteiger partial charge in [0.25, 0.3) is 0 Å². The number of hydrogen-bond acceptors (Lipinski definition) is 3. The van der Waals surface area contributed by atoms with Gasteiger partial charge in [0.1, 0.15) is 0 Å². The molecule has 0 fully saturated rings. The molecule has 4 aromatic carbocycles. The standard InChI is InChI=1S/C29H25BrClN3O3S/c1-2-34-27-10-6-4-8-24(27)25-17-22(13-16-28(25)34)32-29(35)19-33(18-20-7-3-5-9-26(20)31)38(36,37)23-14-11-21(30)12-15-23/h3-17H,2,18-19H2,1H3,(H,32,35). The van der Waals surface area contributed by atoms with Crippen LogP contribution in [0.1, 0.15) is 12.5 Å². The summed E-state index contributed by atoms with van der Waals surface area (Å²) < 4.78 is 31.3. The average molecular weight is 611 g/mol. The second-order valence-electron chi connectivity index (χ2n) is 8.86. The molecule has 1 N–H and O–H groups in total. The van der Waals surface area contributed by atoms with E-state index in [2.05, 4.69) is 44.9 Å². The maximum absolute atomic E-state index is 13.6. The highest BCUT2D eigenvalue weighted by Crippen LogP contribution is 2.31. The van der Waals surface area contributed by atoms with Crippen molar-refractivity contribution >= 4 is 71.0 Å². The number of para-hydroxylation sites is 1. The molecule has 38 heavy (non-hydrogen) atoms. The summed E-state index contributed by atoms with van der Waals surface area (Å²) in [6, 6.07) is 27.2. The maximum atomic E-state index is 13.6. The number of halogens is 2. The van der Waals surface area contributed by atoms with Crippen molar-refractivity contribution in [3.05, 3.63) is 106 Å². The van der Waals surface area contributed by atoms with Crippen molar-refractivity contribution < 1.29 is 13.2 Å². The van der Waals surface area contributed by atoms with Crippen LogP contribution in [-0.2, 0) is 27.9 Å². The number of aromatic nitrogens is 1. The molecule has 0 atom stereocenters. The third-order valence-electron chi connectivity index (χ3n) is 6.45. The van der Waals surface area contributed by atoms with Gasteiger partial charge in [-0.2, -0.15) is 4.31 Å². The van der Waals surface area contributed by atoms with Crippen LogP contribution in [-0.4, -0.2) is 29.7 Å². The van der Waals surface area contributed by atoms with E-state index in [1.807, 2.05) is 30.3 Å². The van der Waals surface area contributed by atoms with Crippen molar-refractivity contribution in [3.63, 3.8) is 0 Å². The summed E-state index contributed by atoms with van der Waals surface area (Å²) in [5.41, 5.74) is 3.40. The number of sulfonamides is 1. The first kappa shape index (κ1) is 26.4. The molecule has 0 spiro atoms. The third kappa shape index (κ3) is 5.22. The van der Waals surface area contributed by atoms with Crippen LogP contribution in [0.2, 0.25) is 5.02 Å². The van der Waals surface area contributed by atoms with Gasteiger partial charge in [0.05, 0.1) is 11.4 Å². The van der Waals surface area contributed by atoms with Gasteiger partial charge in [-0.25, -0.2) is 8.42 Å². The van der Waals surface area contributed by atoms with Crippen LogP contribution in [0.3, 0.4) is 0 Å². The summed E-state index contributed by atoms with van der Waals surface area (Å²) in [5, 5.41) is 5.45. The van der Waals surface area contributed by atoms with Crippen molar-refractivity contribution in [2.75, 3.05) is 11.9 Å². The summed E-state index contributed by atoms with van der Waals surface area (Å²) in [7, 11) is -3.99.